The summed E-state index contributed by atoms with van der Waals surface area (Å²) in [5, 5.41) is -0.218. The van der Waals surface area contributed by atoms with Crippen molar-refractivity contribution < 1.29 is 4.74 Å². The van der Waals surface area contributed by atoms with Crippen LogP contribution in [0.4, 0.5) is 0 Å². The van der Waals surface area contributed by atoms with Crippen molar-refractivity contribution >= 4 is 50.5 Å². The minimum Gasteiger partial charge on any atom is -0.491 e. The van der Waals surface area contributed by atoms with Crippen molar-refractivity contribution in [2.45, 2.75) is 25.3 Å². The molecular weight excluding hydrogens is 367 g/mol. The zero-order valence-corrected chi connectivity index (χ0v) is 14.4. The van der Waals surface area contributed by atoms with Crippen LogP contribution in [0, 0.1) is 0 Å². The Morgan fingerprint density at radius 2 is 2.00 bits per heavy atom. The lowest BCUT2D eigenvalue weighted by atomic mass is 10.1. The van der Waals surface area contributed by atoms with Crippen LogP contribution in [0.15, 0.2) is 34.8 Å². The number of benzene rings is 1. The second-order valence-electron chi connectivity index (χ2n) is 4.37. The van der Waals surface area contributed by atoms with Crippen LogP contribution < -0.4 is 4.74 Å². The predicted molar refractivity (Wildman–Crippen MR) is 86.9 cm³/mol. The van der Waals surface area contributed by atoms with E-state index in [9.17, 15) is 0 Å². The van der Waals surface area contributed by atoms with Gasteiger partial charge in [0.1, 0.15) is 10.1 Å². The summed E-state index contributed by atoms with van der Waals surface area (Å²) in [6.45, 7) is 4.00. The van der Waals surface area contributed by atoms with Gasteiger partial charge in [-0.1, -0.05) is 23.7 Å². The van der Waals surface area contributed by atoms with Crippen LogP contribution in [0.3, 0.4) is 0 Å². The molecule has 0 spiro atoms. The van der Waals surface area contributed by atoms with Gasteiger partial charge in [-0.3, -0.25) is 0 Å². The molecule has 0 saturated carbocycles. The summed E-state index contributed by atoms with van der Waals surface area (Å²) in [5.41, 5.74) is 1.00. The molecule has 5 heteroatoms. The molecule has 0 aliphatic carbocycles. The molecule has 1 unspecified atom stereocenters. The number of thiophene rings is 1. The first kappa shape index (κ1) is 15.2. The zero-order valence-electron chi connectivity index (χ0n) is 10.5. The Bertz CT molecular complexity index is 549. The van der Waals surface area contributed by atoms with E-state index in [1.807, 2.05) is 44.2 Å². The van der Waals surface area contributed by atoms with E-state index in [2.05, 4.69) is 15.9 Å². The first-order valence-electron chi connectivity index (χ1n) is 5.83. The van der Waals surface area contributed by atoms with Crippen molar-refractivity contribution in [3.05, 3.63) is 49.6 Å². The van der Waals surface area contributed by atoms with Crippen molar-refractivity contribution in [1.29, 1.82) is 0 Å². The van der Waals surface area contributed by atoms with Crippen LogP contribution in [0.1, 0.15) is 29.7 Å². The largest absolute Gasteiger partial charge is 0.491 e. The van der Waals surface area contributed by atoms with Crippen LogP contribution in [-0.4, -0.2) is 6.10 Å². The van der Waals surface area contributed by atoms with E-state index in [-0.39, 0.29) is 11.5 Å². The van der Waals surface area contributed by atoms with E-state index in [0.717, 1.165) is 25.0 Å². The van der Waals surface area contributed by atoms with Gasteiger partial charge in [0.05, 0.1) is 11.5 Å². The van der Waals surface area contributed by atoms with Gasteiger partial charge < -0.3 is 4.74 Å². The molecule has 0 saturated heterocycles. The molecule has 0 bridgehead atoms. The Labute approximate surface area is 135 Å². The predicted octanol–water partition coefficient (Wildman–Crippen LogP) is 6.28. The Morgan fingerprint density at radius 3 is 2.58 bits per heavy atom. The molecule has 0 aliphatic rings. The van der Waals surface area contributed by atoms with E-state index in [1.54, 1.807) is 0 Å². The lowest BCUT2D eigenvalue weighted by molar-refractivity contribution is 0.242. The molecule has 1 aromatic heterocycles. The maximum absolute atomic E-state index is 6.50. The molecule has 102 valence electrons. The fraction of sp³-hybridized carbons (Fsp3) is 0.286. The Balaban J connectivity index is 2.25. The third kappa shape index (κ3) is 3.88. The molecule has 1 aromatic carbocycles. The molecule has 1 atom stereocenters. The van der Waals surface area contributed by atoms with Gasteiger partial charge in [-0.05, 0) is 53.5 Å². The van der Waals surface area contributed by atoms with Crippen molar-refractivity contribution in [1.82, 2.24) is 0 Å². The molecule has 0 amide bonds. The van der Waals surface area contributed by atoms with Gasteiger partial charge >= 0.3 is 0 Å². The molecule has 1 nitrogen and oxygen atoms in total. The van der Waals surface area contributed by atoms with Gasteiger partial charge in [-0.25, -0.2) is 0 Å². The van der Waals surface area contributed by atoms with E-state index in [1.165, 1.54) is 11.3 Å². The molecule has 0 N–H and O–H groups in total. The normalized spacial score (nSPS) is 12.7. The summed E-state index contributed by atoms with van der Waals surface area (Å²) >= 11 is 17.4. The maximum Gasteiger partial charge on any atom is 0.120 e. The minimum atomic E-state index is -0.218. The lowest BCUT2D eigenvalue weighted by Crippen LogP contribution is -2.05. The molecule has 1 heterocycles. The van der Waals surface area contributed by atoms with E-state index >= 15 is 0 Å². The average molecular weight is 380 g/mol. The summed E-state index contributed by atoms with van der Waals surface area (Å²) in [5.74, 6) is 0.833. The highest BCUT2D eigenvalue weighted by atomic mass is 79.9. The second-order valence-corrected chi connectivity index (χ2v) is 7.35. The van der Waals surface area contributed by atoms with Crippen LogP contribution in [0.2, 0.25) is 4.34 Å². The van der Waals surface area contributed by atoms with Crippen molar-refractivity contribution in [3.63, 3.8) is 0 Å². The maximum atomic E-state index is 6.50. The molecular formula is C14H13BrCl2OS. The minimum absolute atomic E-state index is 0.148. The summed E-state index contributed by atoms with van der Waals surface area (Å²) in [6, 6.07) is 9.81. The summed E-state index contributed by atoms with van der Waals surface area (Å²) < 4.78 is 7.28. The lowest BCUT2D eigenvalue weighted by Gasteiger charge is -2.13. The fourth-order valence-electron chi connectivity index (χ4n) is 1.67. The van der Waals surface area contributed by atoms with Gasteiger partial charge in [0.2, 0.25) is 0 Å². The van der Waals surface area contributed by atoms with Crippen molar-refractivity contribution in [2.24, 2.45) is 0 Å². The highest BCUT2D eigenvalue weighted by Crippen LogP contribution is 2.40. The number of hydrogen-bond acceptors (Lipinski definition) is 2. The smallest absolute Gasteiger partial charge is 0.120 e. The Morgan fingerprint density at radius 1 is 1.26 bits per heavy atom. The quantitative estimate of drug-likeness (QED) is 0.568. The molecule has 19 heavy (non-hydrogen) atoms. The zero-order chi connectivity index (χ0) is 14.0. The van der Waals surface area contributed by atoms with Gasteiger partial charge in [-0.15, -0.1) is 22.9 Å². The molecule has 2 rings (SSSR count). The number of rotatable bonds is 4. The molecule has 0 radical (unpaired) electrons. The van der Waals surface area contributed by atoms with E-state index in [4.69, 9.17) is 27.9 Å². The number of ether oxygens (including phenoxy) is 1. The van der Waals surface area contributed by atoms with Crippen molar-refractivity contribution in [3.8, 4) is 5.75 Å². The summed E-state index contributed by atoms with van der Waals surface area (Å²) in [4.78, 5) is 1.01. The van der Waals surface area contributed by atoms with Crippen LogP contribution in [-0.2, 0) is 0 Å². The second kappa shape index (κ2) is 6.49. The topological polar surface area (TPSA) is 9.23 Å². The van der Waals surface area contributed by atoms with Crippen LogP contribution in [0.25, 0.3) is 0 Å². The standard InChI is InChI=1S/C14H13BrCl2OS/c1-8(2)18-10-5-3-4-9(6-10)13(16)12-7-11(15)14(17)19-12/h3-8,13H,1-2H3. The molecule has 0 aliphatic heterocycles. The summed E-state index contributed by atoms with van der Waals surface area (Å²) in [6.07, 6.45) is 0.148. The summed E-state index contributed by atoms with van der Waals surface area (Å²) in [7, 11) is 0. The highest BCUT2D eigenvalue weighted by Gasteiger charge is 2.16. The van der Waals surface area contributed by atoms with Gasteiger partial charge in [0.25, 0.3) is 0 Å². The third-order valence-electron chi connectivity index (χ3n) is 2.44. The monoisotopic (exact) mass is 378 g/mol. The molecule has 2 aromatic rings. The average Bonchev–Trinajstić information content (AvgIpc) is 2.68. The first-order chi connectivity index (χ1) is 8.97. The van der Waals surface area contributed by atoms with Gasteiger partial charge in [0.15, 0.2) is 0 Å². The van der Waals surface area contributed by atoms with Crippen LogP contribution >= 0.6 is 50.5 Å². The van der Waals surface area contributed by atoms with E-state index < -0.39 is 0 Å². The Kier molecular flexibility index (Phi) is 5.18. The first-order valence-corrected chi connectivity index (χ1v) is 8.25. The van der Waals surface area contributed by atoms with Gasteiger partial charge in [-0.2, -0.15) is 0 Å². The highest BCUT2D eigenvalue weighted by molar-refractivity contribution is 9.10. The van der Waals surface area contributed by atoms with Crippen molar-refractivity contribution in [2.75, 3.05) is 0 Å². The Hall–Kier alpha value is -0.220. The number of halogens is 3. The van der Waals surface area contributed by atoms with E-state index in [0.29, 0.717) is 0 Å². The molecule has 0 fully saturated rings. The van der Waals surface area contributed by atoms with Gasteiger partial charge in [0, 0.05) is 9.35 Å². The number of alkyl halides is 1. The number of hydrogen-bond donors (Lipinski definition) is 0. The SMILES string of the molecule is CC(C)Oc1cccc(C(Cl)c2cc(Br)c(Cl)s2)c1. The third-order valence-corrected chi connectivity index (χ3v) is 5.59. The fourth-order valence-corrected chi connectivity index (χ4v) is 3.74. The van der Waals surface area contributed by atoms with Crippen LogP contribution in [0.5, 0.6) is 5.75 Å².